The van der Waals surface area contributed by atoms with Crippen LogP contribution in [0.5, 0.6) is 0 Å². The highest BCUT2D eigenvalue weighted by atomic mass is 79.9. The molecular formula is C20H21BrN4. The van der Waals surface area contributed by atoms with Gasteiger partial charge < -0.3 is 10.6 Å². The van der Waals surface area contributed by atoms with Gasteiger partial charge in [0.25, 0.3) is 0 Å². The van der Waals surface area contributed by atoms with Gasteiger partial charge >= 0.3 is 0 Å². The Bertz CT molecular complexity index is 790. The zero-order valence-electron chi connectivity index (χ0n) is 14.1. The molecule has 0 amide bonds. The maximum atomic E-state index is 4.54. The van der Waals surface area contributed by atoms with E-state index in [1.807, 2.05) is 24.3 Å². The van der Waals surface area contributed by atoms with Gasteiger partial charge in [-0.25, -0.2) is 4.98 Å². The summed E-state index contributed by atoms with van der Waals surface area (Å²) in [4.78, 5) is 8.84. The zero-order chi connectivity index (χ0) is 17.5. The minimum atomic E-state index is 0.187. The monoisotopic (exact) mass is 396 g/mol. The maximum Gasteiger partial charge on any atom is 0.224 e. The fourth-order valence-electron chi connectivity index (χ4n) is 2.54. The lowest BCUT2D eigenvalue weighted by atomic mass is 10.1. The van der Waals surface area contributed by atoms with Gasteiger partial charge in [-0.1, -0.05) is 58.4 Å². The summed E-state index contributed by atoms with van der Waals surface area (Å²) in [5.41, 5.74) is 2.51. The Morgan fingerprint density at radius 2 is 1.76 bits per heavy atom. The molecule has 0 fully saturated rings. The molecule has 0 saturated heterocycles. The fraction of sp³-hybridized carbons (Fsp3) is 0.200. The zero-order valence-corrected chi connectivity index (χ0v) is 15.7. The van der Waals surface area contributed by atoms with Gasteiger partial charge in [-0.15, -0.1) is 0 Å². The maximum absolute atomic E-state index is 4.54. The Balaban J connectivity index is 1.55. The molecule has 3 aromatic rings. The van der Waals surface area contributed by atoms with Crippen LogP contribution in [0.2, 0.25) is 0 Å². The number of rotatable bonds is 7. The van der Waals surface area contributed by atoms with Gasteiger partial charge in [0.05, 0.1) is 0 Å². The lowest BCUT2D eigenvalue weighted by molar-refractivity contribution is 0.870. The van der Waals surface area contributed by atoms with Crippen LogP contribution in [0.1, 0.15) is 24.1 Å². The van der Waals surface area contributed by atoms with E-state index in [2.05, 4.69) is 79.9 Å². The van der Waals surface area contributed by atoms with E-state index in [0.717, 1.165) is 23.3 Å². The molecule has 0 radical (unpaired) electrons. The lowest BCUT2D eigenvalue weighted by Gasteiger charge is -2.15. The summed E-state index contributed by atoms with van der Waals surface area (Å²) in [5.74, 6) is 1.46. The smallest absolute Gasteiger partial charge is 0.224 e. The second-order valence-electron chi connectivity index (χ2n) is 5.85. The Morgan fingerprint density at radius 1 is 1.00 bits per heavy atom. The van der Waals surface area contributed by atoms with Crippen LogP contribution in [0.25, 0.3) is 0 Å². The third kappa shape index (κ3) is 5.29. The number of nitrogens with zero attached hydrogens (tertiary/aromatic N) is 2. The van der Waals surface area contributed by atoms with Crippen molar-refractivity contribution in [3.63, 3.8) is 0 Å². The van der Waals surface area contributed by atoms with E-state index in [1.165, 1.54) is 11.1 Å². The Morgan fingerprint density at radius 3 is 2.52 bits per heavy atom. The van der Waals surface area contributed by atoms with Gasteiger partial charge in [-0.3, -0.25) is 0 Å². The topological polar surface area (TPSA) is 49.8 Å². The van der Waals surface area contributed by atoms with Crippen LogP contribution in [0.15, 0.2) is 71.3 Å². The number of nitrogens with one attached hydrogen (secondary N) is 2. The van der Waals surface area contributed by atoms with Crippen molar-refractivity contribution in [1.82, 2.24) is 9.97 Å². The minimum absolute atomic E-state index is 0.187. The van der Waals surface area contributed by atoms with Gasteiger partial charge in [-0.2, -0.15) is 4.98 Å². The average molecular weight is 397 g/mol. The Hall–Kier alpha value is -2.40. The van der Waals surface area contributed by atoms with Crippen LogP contribution < -0.4 is 10.6 Å². The number of aromatic nitrogens is 2. The van der Waals surface area contributed by atoms with Crippen molar-refractivity contribution in [2.75, 3.05) is 17.2 Å². The van der Waals surface area contributed by atoms with Crippen molar-refractivity contribution in [2.24, 2.45) is 0 Å². The molecule has 0 aliphatic carbocycles. The number of hydrogen-bond donors (Lipinski definition) is 2. The standard InChI is InChI=1S/C20H21BrN4/c1-15(17-5-3-2-4-6-17)24-19-12-14-23-20(25-19)22-13-11-16-7-9-18(21)10-8-16/h2-10,12,14-15H,11,13H2,1H3,(H2,22,23,24,25). The first-order chi connectivity index (χ1) is 12.2. The first kappa shape index (κ1) is 17.4. The molecule has 2 aromatic carbocycles. The SMILES string of the molecule is CC(Nc1ccnc(NCCc2ccc(Br)cc2)n1)c1ccccc1. The molecule has 1 unspecified atom stereocenters. The normalized spacial score (nSPS) is 11.8. The summed E-state index contributed by atoms with van der Waals surface area (Å²) in [6.07, 6.45) is 2.70. The third-order valence-corrected chi connectivity index (χ3v) is 4.46. The molecule has 0 aliphatic rings. The quantitative estimate of drug-likeness (QED) is 0.585. The van der Waals surface area contributed by atoms with Crippen LogP contribution in [0.4, 0.5) is 11.8 Å². The summed E-state index contributed by atoms with van der Waals surface area (Å²) >= 11 is 3.45. The second-order valence-corrected chi connectivity index (χ2v) is 6.76. The van der Waals surface area contributed by atoms with Crippen LogP contribution >= 0.6 is 15.9 Å². The number of hydrogen-bond acceptors (Lipinski definition) is 4. The highest BCUT2D eigenvalue weighted by molar-refractivity contribution is 9.10. The van der Waals surface area contributed by atoms with Crippen molar-refractivity contribution in [3.8, 4) is 0 Å². The van der Waals surface area contributed by atoms with E-state index in [0.29, 0.717) is 5.95 Å². The van der Waals surface area contributed by atoms with Crippen LogP contribution in [0, 0.1) is 0 Å². The molecule has 4 nitrogen and oxygen atoms in total. The Labute approximate surface area is 156 Å². The molecule has 128 valence electrons. The van der Waals surface area contributed by atoms with E-state index in [1.54, 1.807) is 6.20 Å². The van der Waals surface area contributed by atoms with Crippen LogP contribution in [-0.2, 0) is 6.42 Å². The number of anilines is 2. The van der Waals surface area contributed by atoms with Crippen LogP contribution in [-0.4, -0.2) is 16.5 Å². The predicted molar refractivity (Wildman–Crippen MR) is 107 cm³/mol. The predicted octanol–water partition coefficient (Wildman–Crippen LogP) is 5.07. The highest BCUT2D eigenvalue weighted by Gasteiger charge is 2.06. The van der Waals surface area contributed by atoms with Gasteiger partial charge in [0, 0.05) is 23.3 Å². The average Bonchev–Trinajstić information content (AvgIpc) is 2.64. The number of halogens is 1. The molecule has 1 atom stereocenters. The lowest BCUT2D eigenvalue weighted by Crippen LogP contribution is -2.11. The van der Waals surface area contributed by atoms with Gasteiger partial charge in [-0.05, 0) is 42.7 Å². The first-order valence-electron chi connectivity index (χ1n) is 8.33. The molecule has 0 spiro atoms. The summed E-state index contributed by atoms with van der Waals surface area (Å²) in [5, 5.41) is 6.70. The number of benzene rings is 2. The van der Waals surface area contributed by atoms with Crippen molar-refractivity contribution in [2.45, 2.75) is 19.4 Å². The van der Waals surface area contributed by atoms with E-state index in [9.17, 15) is 0 Å². The van der Waals surface area contributed by atoms with Crippen molar-refractivity contribution >= 4 is 27.7 Å². The van der Waals surface area contributed by atoms with E-state index in [4.69, 9.17) is 0 Å². The van der Waals surface area contributed by atoms with Gasteiger partial charge in [0.2, 0.25) is 5.95 Å². The molecule has 3 rings (SSSR count). The molecule has 2 N–H and O–H groups in total. The molecule has 1 heterocycles. The summed E-state index contributed by atoms with van der Waals surface area (Å²) in [7, 11) is 0. The third-order valence-electron chi connectivity index (χ3n) is 3.93. The Kier molecular flexibility index (Phi) is 6.01. The molecule has 1 aromatic heterocycles. The summed E-state index contributed by atoms with van der Waals surface area (Å²) in [6.45, 7) is 2.91. The first-order valence-corrected chi connectivity index (χ1v) is 9.13. The molecule has 0 bridgehead atoms. The molecule has 0 saturated carbocycles. The van der Waals surface area contributed by atoms with Crippen LogP contribution in [0.3, 0.4) is 0 Å². The van der Waals surface area contributed by atoms with Crippen molar-refractivity contribution < 1.29 is 0 Å². The van der Waals surface area contributed by atoms with E-state index < -0.39 is 0 Å². The van der Waals surface area contributed by atoms with Gasteiger partial charge in [0.15, 0.2) is 0 Å². The van der Waals surface area contributed by atoms with E-state index in [-0.39, 0.29) is 6.04 Å². The summed E-state index contributed by atoms with van der Waals surface area (Å²) in [6, 6.07) is 20.7. The van der Waals surface area contributed by atoms with E-state index >= 15 is 0 Å². The van der Waals surface area contributed by atoms with Crippen molar-refractivity contribution in [1.29, 1.82) is 0 Å². The summed E-state index contributed by atoms with van der Waals surface area (Å²) < 4.78 is 1.10. The minimum Gasteiger partial charge on any atom is -0.363 e. The second kappa shape index (κ2) is 8.62. The fourth-order valence-corrected chi connectivity index (χ4v) is 2.81. The largest absolute Gasteiger partial charge is 0.363 e. The highest BCUT2D eigenvalue weighted by Crippen LogP contribution is 2.18. The molecule has 5 heteroatoms. The molecule has 0 aliphatic heterocycles. The molecule has 25 heavy (non-hydrogen) atoms. The van der Waals surface area contributed by atoms with Gasteiger partial charge in [0.1, 0.15) is 5.82 Å². The van der Waals surface area contributed by atoms with Crippen molar-refractivity contribution in [3.05, 3.63) is 82.5 Å². The molecular weight excluding hydrogens is 376 g/mol.